The molecule has 11 nitrogen and oxygen atoms in total. The Balaban J connectivity index is 1.43. The highest BCUT2D eigenvalue weighted by molar-refractivity contribution is 6.59. The van der Waals surface area contributed by atoms with Crippen LogP contribution in [0.25, 0.3) is 21.5 Å². The summed E-state index contributed by atoms with van der Waals surface area (Å²) in [6.07, 6.45) is -0.00750. The number of hydrogen-bond donors (Lipinski definition) is 3. The first-order valence-corrected chi connectivity index (χ1v) is 16.3. The number of benzene rings is 5. The van der Waals surface area contributed by atoms with E-state index in [1.165, 1.54) is 0 Å². The van der Waals surface area contributed by atoms with Gasteiger partial charge in [-0.15, -0.1) is 5.06 Å². The van der Waals surface area contributed by atoms with Gasteiger partial charge >= 0.3 is 20.8 Å². The summed E-state index contributed by atoms with van der Waals surface area (Å²) in [5.41, 5.74) is 4.27. The van der Waals surface area contributed by atoms with Crippen molar-refractivity contribution >= 4 is 59.6 Å². The summed E-state index contributed by atoms with van der Waals surface area (Å²) in [4.78, 5) is 47.3. The smallest absolute Gasteiger partial charge is 0.504 e. The Morgan fingerprint density at radius 3 is 1.92 bits per heavy atom. The lowest BCUT2D eigenvalue weighted by molar-refractivity contribution is -0.172. The number of hydrogen-bond acceptors (Lipinski definition) is 10. The van der Waals surface area contributed by atoms with Crippen molar-refractivity contribution in [2.75, 3.05) is 14.1 Å². The summed E-state index contributed by atoms with van der Waals surface area (Å²) in [6.45, 7) is 1.93. The number of amides is 2. The Morgan fingerprint density at radius 2 is 1.28 bits per heavy atom. The van der Waals surface area contributed by atoms with E-state index in [0.29, 0.717) is 42.5 Å². The van der Waals surface area contributed by atoms with Crippen molar-refractivity contribution < 1.29 is 38.9 Å². The van der Waals surface area contributed by atoms with Crippen molar-refractivity contribution in [2.45, 2.75) is 39.0 Å². The van der Waals surface area contributed by atoms with Crippen LogP contribution in [0, 0.1) is 0 Å². The fourth-order valence-corrected chi connectivity index (χ4v) is 6.63. The Labute approximate surface area is 290 Å². The molecule has 3 N–H and O–H groups in total. The third-order valence-electron chi connectivity index (χ3n) is 8.93. The van der Waals surface area contributed by atoms with Gasteiger partial charge < -0.3 is 24.6 Å². The molecule has 254 valence electrons. The number of imide groups is 1. The third kappa shape index (κ3) is 7.42. The second-order valence-electron chi connectivity index (χ2n) is 12.5. The van der Waals surface area contributed by atoms with Crippen molar-refractivity contribution in [3.8, 4) is 5.75 Å². The summed E-state index contributed by atoms with van der Waals surface area (Å²) < 4.78 is 5.45. The van der Waals surface area contributed by atoms with Crippen molar-refractivity contribution in [1.29, 1.82) is 0 Å². The molecule has 0 aliphatic carbocycles. The number of fused-ring (bicyclic) bond motifs is 2. The van der Waals surface area contributed by atoms with Crippen LogP contribution in [0.15, 0.2) is 91.0 Å². The molecule has 5 aromatic rings. The monoisotopic (exact) mass is 673 g/mol. The molecule has 0 unspecified atom stereocenters. The lowest BCUT2D eigenvalue weighted by atomic mass is 9.77. The van der Waals surface area contributed by atoms with Gasteiger partial charge in [-0.2, -0.15) is 0 Å². The van der Waals surface area contributed by atoms with E-state index in [-0.39, 0.29) is 18.4 Å². The predicted octanol–water partition coefficient (Wildman–Crippen LogP) is 2.80. The normalized spacial score (nSPS) is 13.1. The molecular formula is C37H37B2N3O8. The van der Waals surface area contributed by atoms with Gasteiger partial charge in [0.05, 0.1) is 5.56 Å². The van der Waals surface area contributed by atoms with E-state index in [1.807, 2.05) is 74.8 Å². The summed E-state index contributed by atoms with van der Waals surface area (Å²) in [6, 6.07) is 28.1. The van der Waals surface area contributed by atoms with Crippen LogP contribution in [0.1, 0.15) is 45.5 Å². The number of para-hydroxylation sites is 1. The molecule has 0 aromatic heterocycles. The lowest BCUT2D eigenvalue weighted by Crippen LogP contribution is -2.35. The molecule has 1 fully saturated rings. The molecule has 6 rings (SSSR count). The molecule has 0 saturated carbocycles. The van der Waals surface area contributed by atoms with E-state index in [2.05, 4.69) is 15.9 Å². The zero-order valence-electron chi connectivity index (χ0n) is 27.9. The summed E-state index contributed by atoms with van der Waals surface area (Å²) >= 11 is 0. The average Bonchev–Trinajstić information content (AvgIpc) is 3.42. The van der Waals surface area contributed by atoms with E-state index in [4.69, 9.17) is 9.49 Å². The molecule has 1 aliphatic heterocycles. The van der Waals surface area contributed by atoms with Crippen molar-refractivity contribution in [2.24, 2.45) is 0 Å². The van der Waals surface area contributed by atoms with Gasteiger partial charge in [0.25, 0.3) is 11.8 Å². The van der Waals surface area contributed by atoms with Crippen LogP contribution in [0.2, 0.25) is 0 Å². The number of carbonyl (C=O) groups is 3. The molecule has 1 saturated heterocycles. The fraction of sp³-hybridized carbons (Fsp3) is 0.216. The van der Waals surface area contributed by atoms with Gasteiger partial charge in [-0.3, -0.25) is 19.4 Å². The maximum absolute atomic E-state index is 13.4. The minimum Gasteiger partial charge on any atom is -0.539 e. The number of hydroxylamine groups is 2. The van der Waals surface area contributed by atoms with Crippen LogP contribution in [0.5, 0.6) is 5.75 Å². The van der Waals surface area contributed by atoms with Gasteiger partial charge in [0.1, 0.15) is 5.75 Å². The van der Waals surface area contributed by atoms with Gasteiger partial charge in [0.15, 0.2) is 0 Å². The summed E-state index contributed by atoms with van der Waals surface area (Å²) in [5, 5.41) is 33.6. The zero-order valence-corrected chi connectivity index (χ0v) is 27.9. The van der Waals surface area contributed by atoms with Crippen molar-refractivity contribution in [3.63, 3.8) is 0 Å². The fourth-order valence-electron chi connectivity index (χ4n) is 6.63. The molecule has 1 aliphatic rings. The summed E-state index contributed by atoms with van der Waals surface area (Å²) in [5.74, 6) is -1.32. The predicted molar refractivity (Wildman–Crippen MR) is 191 cm³/mol. The molecule has 13 heteroatoms. The van der Waals surface area contributed by atoms with Gasteiger partial charge in [0, 0.05) is 44.6 Å². The highest BCUT2D eigenvalue weighted by Gasteiger charge is 2.33. The quantitative estimate of drug-likeness (QED) is 0.0972. The third-order valence-corrected chi connectivity index (χ3v) is 8.93. The van der Waals surface area contributed by atoms with Crippen LogP contribution < -0.4 is 10.1 Å². The minimum absolute atomic E-state index is 0.00375. The molecule has 50 heavy (non-hydrogen) atoms. The number of nitrogens with zero attached hydrogens (tertiary/aromatic N) is 3. The van der Waals surface area contributed by atoms with Gasteiger partial charge in [-0.05, 0) is 76.0 Å². The van der Waals surface area contributed by atoms with E-state index in [0.717, 1.165) is 43.8 Å². The topological polar surface area (TPSA) is 140 Å². The second kappa shape index (κ2) is 15.2. The Morgan fingerprint density at radius 1 is 0.740 bits per heavy atom. The van der Waals surface area contributed by atoms with E-state index >= 15 is 0 Å². The zero-order chi connectivity index (χ0) is 35.4. The molecule has 2 amide bonds. The molecular weight excluding hydrogens is 636 g/mol. The Bertz CT molecular complexity index is 2060. The average molecular weight is 673 g/mol. The van der Waals surface area contributed by atoms with Crippen LogP contribution in [0.4, 0.5) is 0 Å². The van der Waals surface area contributed by atoms with Crippen LogP contribution >= 0.6 is 0 Å². The molecule has 5 aromatic carbocycles. The second-order valence-corrected chi connectivity index (χ2v) is 12.5. The van der Waals surface area contributed by atoms with Crippen LogP contribution in [-0.4, -0.2) is 76.6 Å². The maximum Gasteiger partial charge on any atom is 0.504 e. The maximum atomic E-state index is 13.4. The van der Waals surface area contributed by atoms with E-state index in [9.17, 15) is 29.5 Å². The first kappa shape index (κ1) is 34.8. The standard InChI is InChI=1S/C37H37B2N3O8/c1-40(20-25-9-3-7-13-33(25)39(47)48)23-32-28-12-6-5-11-27(28)31(22-41(2)21-26-10-4-8-14-34(26)49-38-46)29-16-15-24(19-30(29)32)37(45)50-42-35(43)17-18-36(42)44/h3-16,19,38,46-48H,17-18,20-23H2,1-2H3. The van der Waals surface area contributed by atoms with Gasteiger partial charge in [-0.25, -0.2) is 4.79 Å². The Hall–Kier alpha value is -5.04. The lowest BCUT2D eigenvalue weighted by Gasteiger charge is -2.25. The SMILES string of the molecule is CN(Cc1ccccc1OBO)Cc1c2ccccc2c(CN(C)Cc2ccccc2B(O)O)c2cc(C(=O)ON3C(=O)CCC3=O)ccc12. The molecule has 0 spiro atoms. The molecule has 1 heterocycles. The van der Waals surface area contributed by atoms with E-state index in [1.54, 1.807) is 24.3 Å². The first-order valence-electron chi connectivity index (χ1n) is 16.3. The molecule has 0 atom stereocenters. The van der Waals surface area contributed by atoms with Crippen molar-refractivity contribution in [3.05, 3.63) is 119 Å². The highest BCUT2D eigenvalue weighted by Crippen LogP contribution is 2.36. The minimum atomic E-state index is -1.61. The largest absolute Gasteiger partial charge is 0.539 e. The molecule has 0 radical (unpaired) electrons. The summed E-state index contributed by atoms with van der Waals surface area (Å²) in [7, 11) is 1.91. The van der Waals surface area contributed by atoms with Crippen LogP contribution in [-0.2, 0) is 40.6 Å². The van der Waals surface area contributed by atoms with Crippen LogP contribution in [0.3, 0.4) is 0 Å². The molecule has 0 bridgehead atoms. The Kier molecular flexibility index (Phi) is 10.6. The highest BCUT2D eigenvalue weighted by atomic mass is 16.7. The van der Waals surface area contributed by atoms with Gasteiger partial charge in [-0.1, -0.05) is 72.8 Å². The first-order chi connectivity index (χ1) is 24.1. The number of rotatable bonds is 13. The van der Waals surface area contributed by atoms with Gasteiger partial charge in [0.2, 0.25) is 0 Å². The van der Waals surface area contributed by atoms with Crippen molar-refractivity contribution in [1.82, 2.24) is 14.9 Å². The number of carbonyl (C=O) groups excluding carboxylic acids is 3. The van der Waals surface area contributed by atoms with E-state index < -0.39 is 32.6 Å².